The summed E-state index contributed by atoms with van der Waals surface area (Å²) in [4.78, 5) is 0. The zero-order valence-electron chi connectivity index (χ0n) is 8.50. The lowest BCUT2D eigenvalue weighted by Crippen LogP contribution is -2.41. The van der Waals surface area contributed by atoms with Gasteiger partial charge in [-0.05, 0) is 6.08 Å². The molecule has 0 spiro atoms. The van der Waals surface area contributed by atoms with Crippen LogP contribution in [0.5, 0.6) is 0 Å². The van der Waals surface area contributed by atoms with Crippen LogP contribution in [0.3, 0.4) is 0 Å². The molecule has 0 amide bonds. The Balaban J connectivity index is 2.91. The van der Waals surface area contributed by atoms with Gasteiger partial charge in [-0.2, -0.15) is 39.8 Å². The predicted octanol–water partition coefficient (Wildman–Crippen LogP) is 1.07. The molecule has 5 nitrogen and oxygen atoms in total. The van der Waals surface area contributed by atoms with Crippen molar-refractivity contribution < 1.29 is 38.9 Å². The van der Waals surface area contributed by atoms with Gasteiger partial charge in [-0.1, -0.05) is 0 Å². The van der Waals surface area contributed by atoms with E-state index in [0.29, 0.717) is 5.01 Å². The standard InChI is InChI=1S/C6H6F6N2O3S/c1-14-4(2-3(13-14)5(7,8)9)17-18(15,16)6(10,11)12/h2,4,13H,1H3. The molecule has 0 radical (unpaired) electrons. The zero-order chi connectivity index (χ0) is 14.4. The number of rotatable bonds is 2. The van der Waals surface area contributed by atoms with Crippen LogP contribution in [0, 0.1) is 0 Å². The summed E-state index contributed by atoms with van der Waals surface area (Å²) in [5.74, 6) is 0. The fourth-order valence-electron chi connectivity index (χ4n) is 0.980. The van der Waals surface area contributed by atoms with Crippen LogP contribution in [0.25, 0.3) is 0 Å². The first-order valence-corrected chi connectivity index (χ1v) is 5.53. The van der Waals surface area contributed by atoms with Crippen molar-refractivity contribution in [3.8, 4) is 0 Å². The molecule has 0 aliphatic carbocycles. The monoisotopic (exact) mass is 300 g/mol. The largest absolute Gasteiger partial charge is 0.523 e. The van der Waals surface area contributed by atoms with Gasteiger partial charge in [0.15, 0.2) is 6.23 Å². The molecule has 0 bridgehead atoms. The van der Waals surface area contributed by atoms with E-state index in [4.69, 9.17) is 0 Å². The third kappa shape index (κ3) is 3.05. The van der Waals surface area contributed by atoms with Gasteiger partial charge in [0.05, 0.1) is 0 Å². The van der Waals surface area contributed by atoms with Crippen molar-refractivity contribution in [1.82, 2.24) is 10.4 Å². The summed E-state index contributed by atoms with van der Waals surface area (Å²) in [5.41, 5.74) is -5.48. The van der Waals surface area contributed by atoms with Crippen LogP contribution in [-0.2, 0) is 14.3 Å². The molecule has 0 saturated heterocycles. The number of hydrogen-bond acceptors (Lipinski definition) is 5. The molecule has 12 heteroatoms. The summed E-state index contributed by atoms with van der Waals surface area (Å²) in [6.07, 6.45) is -6.70. The van der Waals surface area contributed by atoms with Crippen molar-refractivity contribution in [2.75, 3.05) is 7.05 Å². The number of alkyl halides is 6. The SMILES string of the molecule is CN1NC(C(F)(F)F)=CC1OS(=O)(=O)C(F)(F)F. The Bertz CT molecular complexity index is 453. The average molecular weight is 300 g/mol. The Hall–Kier alpha value is -1.01. The molecule has 0 aromatic heterocycles. The number of hydrogen-bond donors (Lipinski definition) is 1. The maximum absolute atomic E-state index is 12.2. The second-order valence-electron chi connectivity index (χ2n) is 3.19. The van der Waals surface area contributed by atoms with Gasteiger partial charge in [0, 0.05) is 7.05 Å². The van der Waals surface area contributed by atoms with Gasteiger partial charge in [-0.3, -0.25) is 0 Å². The maximum Gasteiger partial charge on any atom is 0.523 e. The number of nitrogens with one attached hydrogen (secondary N) is 1. The number of likely N-dealkylation sites (N-methyl/N-ethyl adjacent to an activating group) is 1. The molecular weight excluding hydrogens is 294 g/mol. The summed E-state index contributed by atoms with van der Waals surface area (Å²) < 4.78 is 97.3. The molecule has 1 heterocycles. The highest BCUT2D eigenvalue weighted by molar-refractivity contribution is 7.87. The van der Waals surface area contributed by atoms with Crippen LogP contribution in [0.4, 0.5) is 26.3 Å². The van der Waals surface area contributed by atoms with Crippen molar-refractivity contribution in [2.45, 2.75) is 17.9 Å². The minimum absolute atomic E-state index is 0.184. The fraction of sp³-hybridized carbons (Fsp3) is 0.667. The fourth-order valence-corrected chi connectivity index (χ4v) is 1.53. The van der Waals surface area contributed by atoms with Crippen LogP contribution in [0.15, 0.2) is 11.8 Å². The van der Waals surface area contributed by atoms with Crippen LogP contribution >= 0.6 is 0 Å². The summed E-state index contributed by atoms with van der Waals surface area (Å²) in [7, 11) is -5.08. The average Bonchev–Trinajstić information content (AvgIpc) is 2.44. The topological polar surface area (TPSA) is 58.6 Å². The summed E-state index contributed by atoms with van der Waals surface area (Å²) >= 11 is 0. The third-order valence-electron chi connectivity index (χ3n) is 1.80. The van der Waals surface area contributed by atoms with Crippen LogP contribution in [0.2, 0.25) is 0 Å². The Labute approximate surface area is 97.1 Å². The van der Waals surface area contributed by atoms with Gasteiger partial charge in [0.2, 0.25) is 0 Å². The van der Waals surface area contributed by atoms with E-state index in [-0.39, 0.29) is 6.08 Å². The Kier molecular flexibility index (Phi) is 3.57. The molecular formula is C6H6F6N2O3S. The molecule has 1 aliphatic rings. The second-order valence-corrected chi connectivity index (χ2v) is 4.75. The van der Waals surface area contributed by atoms with Crippen LogP contribution in [0.1, 0.15) is 0 Å². The Morgan fingerprint density at radius 2 is 1.78 bits per heavy atom. The Morgan fingerprint density at radius 1 is 1.28 bits per heavy atom. The second kappa shape index (κ2) is 4.28. The van der Waals surface area contributed by atoms with Gasteiger partial charge >= 0.3 is 21.8 Å². The zero-order valence-corrected chi connectivity index (χ0v) is 9.32. The van der Waals surface area contributed by atoms with E-state index in [0.717, 1.165) is 7.05 Å². The molecule has 1 unspecified atom stereocenters. The van der Waals surface area contributed by atoms with Crippen molar-refractivity contribution in [2.24, 2.45) is 0 Å². The lowest BCUT2D eigenvalue weighted by Gasteiger charge is -2.20. The number of hydrazine groups is 1. The maximum atomic E-state index is 12.2. The highest BCUT2D eigenvalue weighted by Gasteiger charge is 2.50. The molecule has 0 aromatic carbocycles. The molecule has 106 valence electrons. The molecule has 18 heavy (non-hydrogen) atoms. The normalized spacial score (nSPS) is 22.8. The van der Waals surface area contributed by atoms with Gasteiger partial charge < -0.3 is 5.43 Å². The van der Waals surface area contributed by atoms with Gasteiger partial charge in [-0.15, -0.1) is 0 Å². The van der Waals surface area contributed by atoms with E-state index in [1.807, 2.05) is 0 Å². The van der Waals surface area contributed by atoms with Crippen molar-refractivity contribution in [1.29, 1.82) is 0 Å². The number of nitrogens with zero attached hydrogens (tertiary/aromatic N) is 1. The van der Waals surface area contributed by atoms with E-state index in [9.17, 15) is 34.8 Å². The first-order valence-electron chi connectivity index (χ1n) is 4.12. The highest BCUT2D eigenvalue weighted by Crippen LogP contribution is 2.31. The first-order chi connectivity index (χ1) is 7.84. The quantitative estimate of drug-likeness (QED) is 0.470. The summed E-state index contributed by atoms with van der Waals surface area (Å²) in [6, 6.07) is 0. The predicted molar refractivity (Wildman–Crippen MR) is 44.9 cm³/mol. The van der Waals surface area contributed by atoms with Crippen molar-refractivity contribution in [3.05, 3.63) is 11.8 Å². The van der Waals surface area contributed by atoms with E-state index < -0.39 is 33.7 Å². The molecule has 1 N–H and O–H groups in total. The molecule has 0 saturated carbocycles. The third-order valence-corrected chi connectivity index (χ3v) is 2.82. The lowest BCUT2D eigenvalue weighted by atomic mass is 10.4. The van der Waals surface area contributed by atoms with E-state index in [2.05, 4.69) is 4.18 Å². The van der Waals surface area contributed by atoms with Crippen LogP contribution in [-0.4, -0.2) is 38.4 Å². The summed E-state index contributed by atoms with van der Waals surface area (Å²) in [5, 5.41) is 0.437. The molecule has 1 aliphatic heterocycles. The molecule has 1 atom stereocenters. The molecule has 1 rings (SSSR count). The van der Waals surface area contributed by atoms with Crippen LogP contribution < -0.4 is 5.43 Å². The van der Waals surface area contributed by atoms with E-state index in [1.54, 1.807) is 5.43 Å². The highest BCUT2D eigenvalue weighted by atomic mass is 32.2. The number of halogens is 6. The van der Waals surface area contributed by atoms with Crippen molar-refractivity contribution >= 4 is 10.1 Å². The number of allylic oxidation sites excluding steroid dienone is 1. The molecule has 0 aromatic rings. The Morgan fingerprint density at radius 3 is 2.11 bits per heavy atom. The van der Waals surface area contributed by atoms with Gasteiger partial charge in [0.25, 0.3) is 0 Å². The van der Waals surface area contributed by atoms with E-state index >= 15 is 0 Å². The van der Waals surface area contributed by atoms with Crippen molar-refractivity contribution in [3.63, 3.8) is 0 Å². The summed E-state index contributed by atoms with van der Waals surface area (Å²) in [6.45, 7) is 0. The smallest absolute Gasteiger partial charge is 0.313 e. The minimum Gasteiger partial charge on any atom is -0.313 e. The lowest BCUT2D eigenvalue weighted by molar-refractivity contribution is -0.101. The van der Waals surface area contributed by atoms with Gasteiger partial charge in [-0.25, -0.2) is 4.18 Å². The first kappa shape index (κ1) is 15.0. The van der Waals surface area contributed by atoms with Gasteiger partial charge in [0.1, 0.15) is 5.70 Å². The molecule has 0 fully saturated rings. The van der Waals surface area contributed by atoms with E-state index in [1.165, 1.54) is 0 Å². The minimum atomic E-state index is -5.98.